The zero-order valence-corrected chi connectivity index (χ0v) is 9.45. The molecule has 0 aliphatic carbocycles. The Hall–Kier alpha value is -2.55. The molecule has 19 heavy (non-hydrogen) atoms. The standard InChI is InChI=1S/C13H7F3N2O/c14-13(15,16)11-3-1-2-8(5-11)10-4-9(6-17)12(19)18-7-10/h1-5,7H,(H,18,19). The van der Waals surface area contributed by atoms with Crippen molar-refractivity contribution >= 4 is 0 Å². The van der Waals surface area contributed by atoms with Gasteiger partial charge in [0.2, 0.25) is 0 Å². The van der Waals surface area contributed by atoms with Crippen LogP contribution in [0.3, 0.4) is 0 Å². The van der Waals surface area contributed by atoms with E-state index < -0.39 is 17.3 Å². The summed E-state index contributed by atoms with van der Waals surface area (Å²) in [6, 6.07) is 7.62. The molecule has 0 spiro atoms. The van der Waals surface area contributed by atoms with Gasteiger partial charge in [0.15, 0.2) is 0 Å². The third-order valence-electron chi connectivity index (χ3n) is 2.55. The van der Waals surface area contributed by atoms with E-state index in [2.05, 4.69) is 4.98 Å². The third kappa shape index (κ3) is 2.65. The van der Waals surface area contributed by atoms with E-state index in [1.165, 1.54) is 24.4 Å². The number of nitriles is 1. The van der Waals surface area contributed by atoms with Gasteiger partial charge in [-0.05, 0) is 29.3 Å². The van der Waals surface area contributed by atoms with Crippen LogP contribution in [0.25, 0.3) is 11.1 Å². The largest absolute Gasteiger partial charge is 0.416 e. The maximum absolute atomic E-state index is 12.6. The molecule has 1 aromatic heterocycles. The first-order valence-corrected chi connectivity index (χ1v) is 5.22. The molecule has 96 valence electrons. The number of nitrogens with one attached hydrogen (secondary N) is 1. The fraction of sp³-hybridized carbons (Fsp3) is 0.0769. The number of hydrogen-bond donors (Lipinski definition) is 1. The Kier molecular flexibility index (Phi) is 3.13. The van der Waals surface area contributed by atoms with E-state index in [1.807, 2.05) is 0 Å². The van der Waals surface area contributed by atoms with Crippen LogP contribution >= 0.6 is 0 Å². The molecule has 2 aromatic rings. The number of H-pyrrole nitrogens is 1. The van der Waals surface area contributed by atoms with Crippen LogP contribution in [0.15, 0.2) is 41.3 Å². The van der Waals surface area contributed by atoms with Crippen molar-refractivity contribution in [2.24, 2.45) is 0 Å². The van der Waals surface area contributed by atoms with Gasteiger partial charge in [0, 0.05) is 6.20 Å². The zero-order chi connectivity index (χ0) is 14.0. The van der Waals surface area contributed by atoms with Crippen LogP contribution in [0.5, 0.6) is 0 Å². The third-order valence-corrected chi connectivity index (χ3v) is 2.55. The minimum absolute atomic E-state index is 0.144. The number of nitrogens with zero attached hydrogens (tertiary/aromatic N) is 1. The van der Waals surface area contributed by atoms with E-state index in [4.69, 9.17) is 5.26 Å². The number of benzene rings is 1. The molecule has 0 bridgehead atoms. The van der Waals surface area contributed by atoms with Gasteiger partial charge in [0.25, 0.3) is 5.56 Å². The number of aromatic amines is 1. The van der Waals surface area contributed by atoms with Gasteiger partial charge >= 0.3 is 6.18 Å². The molecule has 3 nitrogen and oxygen atoms in total. The van der Waals surface area contributed by atoms with Gasteiger partial charge in [0.05, 0.1) is 5.56 Å². The Morgan fingerprint density at radius 1 is 1.16 bits per heavy atom. The SMILES string of the molecule is N#Cc1cc(-c2cccc(C(F)(F)F)c2)c[nH]c1=O. The average molecular weight is 264 g/mol. The molecule has 0 fully saturated rings. The molecule has 0 unspecified atom stereocenters. The van der Waals surface area contributed by atoms with Crippen molar-refractivity contribution in [1.29, 1.82) is 5.26 Å². The molecule has 0 aliphatic heterocycles. The van der Waals surface area contributed by atoms with Crippen molar-refractivity contribution in [3.8, 4) is 17.2 Å². The molecule has 0 saturated heterocycles. The van der Waals surface area contributed by atoms with Gasteiger partial charge < -0.3 is 4.98 Å². The number of alkyl halides is 3. The summed E-state index contributed by atoms with van der Waals surface area (Å²) in [4.78, 5) is 13.5. The maximum Gasteiger partial charge on any atom is 0.416 e. The molecule has 6 heteroatoms. The first-order valence-electron chi connectivity index (χ1n) is 5.22. The van der Waals surface area contributed by atoms with Crippen molar-refractivity contribution < 1.29 is 13.2 Å². The normalized spacial score (nSPS) is 11.1. The molecule has 0 amide bonds. The predicted molar refractivity (Wildman–Crippen MR) is 62.2 cm³/mol. The highest BCUT2D eigenvalue weighted by molar-refractivity contribution is 5.64. The summed E-state index contributed by atoms with van der Waals surface area (Å²) in [5, 5.41) is 8.72. The average Bonchev–Trinajstić information content (AvgIpc) is 2.38. The highest BCUT2D eigenvalue weighted by atomic mass is 19.4. The molecule has 0 saturated carbocycles. The van der Waals surface area contributed by atoms with Gasteiger partial charge in [-0.3, -0.25) is 4.79 Å². The van der Waals surface area contributed by atoms with Crippen LogP contribution in [0.1, 0.15) is 11.1 Å². The Bertz CT molecular complexity index is 711. The summed E-state index contributed by atoms with van der Waals surface area (Å²) in [6.07, 6.45) is -3.16. The van der Waals surface area contributed by atoms with E-state index in [1.54, 1.807) is 6.07 Å². The second-order valence-corrected chi connectivity index (χ2v) is 3.82. The van der Waals surface area contributed by atoms with E-state index in [9.17, 15) is 18.0 Å². The van der Waals surface area contributed by atoms with Crippen LogP contribution in [0.4, 0.5) is 13.2 Å². The molecule has 1 N–H and O–H groups in total. The lowest BCUT2D eigenvalue weighted by Crippen LogP contribution is -2.09. The van der Waals surface area contributed by atoms with Gasteiger partial charge in [-0.25, -0.2) is 0 Å². The minimum atomic E-state index is -4.43. The molecule has 2 rings (SSSR count). The summed E-state index contributed by atoms with van der Waals surface area (Å²) >= 11 is 0. The van der Waals surface area contributed by atoms with Crippen molar-refractivity contribution in [3.05, 3.63) is 58.0 Å². The summed E-state index contributed by atoms with van der Waals surface area (Å²) < 4.78 is 37.7. The summed E-state index contributed by atoms with van der Waals surface area (Å²) in [5.74, 6) is 0. The van der Waals surface area contributed by atoms with Crippen LogP contribution < -0.4 is 5.56 Å². The minimum Gasteiger partial charge on any atom is -0.327 e. The smallest absolute Gasteiger partial charge is 0.327 e. The molecular formula is C13H7F3N2O. The lowest BCUT2D eigenvalue weighted by molar-refractivity contribution is -0.137. The lowest BCUT2D eigenvalue weighted by Gasteiger charge is -2.08. The van der Waals surface area contributed by atoms with Crippen molar-refractivity contribution in [3.63, 3.8) is 0 Å². The first kappa shape index (κ1) is 12.9. The van der Waals surface area contributed by atoms with Crippen molar-refractivity contribution in [1.82, 2.24) is 4.98 Å². The maximum atomic E-state index is 12.6. The second kappa shape index (κ2) is 4.61. The van der Waals surface area contributed by atoms with Crippen LogP contribution in [-0.4, -0.2) is 4.98 Å². The summed E-state index contributed by atoms with van der Waals surface area (Å²) in [7, 11) is 0. The molecule has 0 aliphatic rings. The second-order valence-electron chi connectivity index (χ2n) is 3.82. The van der Waals surface area contributed by atoms with E-state index >= 15 is 0 Å². The lowest BCUT2D eigenvalue weighted by atomic mass is 10.0. The zero-order valence-electron chi connectivity index (χ0n) is 9.45. The highest BCUT2D eigenvalue weighted by Crippen LogP contribution is 2.31. The number of hydrogen-bond acceptors (Lipinski definition) is 2. The first-order chi connectivity index (χ1) is 8.91. The fourth-order valence-corrected chi connectivity index (χ4v) is 1.61. The molecule has 0 radical (unpaired) electrons. The molecule has 1 heterocycles. The predicted octanol–water partition coefficient (Wildman–Crippen LogP) is 2.93. The van der Waals surface area contributed by atoms with Gasteiger partial charge in [-0.1, -0.05) is 12.1 Å². The van der Waals surface area contributed by atoms with E-state index in [0.29, 0.717) is 5.56 Å². The molecule has 0 atom stereocenters. The highest BCUT2D eigenvalue weighted by Gasteiger charge is 2.30. The van der Waals surface area contributed by atoms with Crippen molar-refractivity contribution in [2.75, 3.05) is 0 Å². The van der Waals surface area contributed by atoms with Crippen LogP contribution in [-0.2, 0) is 6.18 Å². The van der Waals surface area contributed by atoms with Crippen LogP contribution in [0, 0.1) is 11.3 Å². The fourth-order valence-electron chi connectivity index (χ4n) is 1.61. The van der Waals surface area contributed by atoms with Gasteiger partial charge in [-0.2, -0.15) is 18.4 Å². The number of halogens is 3. The Balaban J connectivity index is 2.54. The van der Waals surface area contributed by atoms with E-state index in [-0.39, 0.29) is 11.1 Å². The Labute approximate surface area is 105 Å². The number of rotatable bonds is 1. The molecule has 1 aromatic carbocycles. The topological polar surface area (TPSA) is 56.6 Å². The van der Waals surface area contributed by atoms with Crippen LogP contribution in [0.2, 0.25) is 0 Å². The number of pyridine rings is 1. The molecular weight excluding hydrogens is 257 g/mol. The summed E-state index contributed by atoms with van der Waals surface area (Å²) in [5.41, 5.74) is -0.868. The quantitative estimate of drug-likeness (QED) is 0.860. The van der Waals surface area contributed by atoms with Gasteiger partial charge in [0.1, 0.15) is 11.6 Å². The van der Waals surface area contributed by atoms with Crippen molar-refractivity contribution in [2.45, 2.75) is 6.18 Å². The monoisotopic (exact) mass is 264 g/mol. The summed E-state index contributed by atoms with van der Waals surface area (Å²) in [6.45, 7) is 0. The Morgan fingerprint density at radius 3 is 2.53 bits per heavy atom. The Morgan fingerprint density at radius 2 is 1.89 bits per heavy atom. The number of aromatic nitrogens is 1. The van der Waals surface area contributed by atoms with E-state index in [0.717, 1.165) is 12.1 Å². The van der Waals surface area contributed by atoms with Gasteiger partial charge in [-0.15, -0.1) is 0 Å².